The van der Waals surface area contributed by atoms with Crippen molar-refractivity contribution < 1.29 is 4.79 Å². The van der Waals surface area contributed by atoms with Gasteiger partial charge in [-0.25, -0.2) is 0 Å². The highest BCUT2D eigenvalue weighted by Gasteiger charge is 2.23. The number of hydrogen-bond acceptors (Lipinski definition) is 5. The molecular formula is C21H24N6O. The van der Waals surface area contributed by atoms with Gasteiger partial charge in [0.15, 0.2) is 5.82 Å². The highest BCUT2D eigenvalue weighted by atomic mass is 16.2. The van der Waals surface area contributed by atoms with E-state index in [1.165, 1.54) is 5.56 Å². The first-order chi connectivity index (χ1) is 13.6. The third-order valence-electron chi connectivity index (χ3n) is 5.14. The fraction of sp³-hybridized carbons (Fsp3) is 0.333. The van der Waals surface area contributed by atoms with Crippen LogP contribution in [0.1, 0.15) is 27.3 Å². The molecule has 0 unspecified atom stereocenters. The fourth-order valence-electron chi connectivity index (χ4n) is 3.38. The van der Waals surface area contributed by atoms with Gasteiger partial charge in [-0.2, -0.15) is 4.68 Å². The van der Waals surface area contributed by atoms with Gasteiger partial charge in [0.1, 0.15) is 0 Å². The topological polar surface area (TPSA) is 67.2 Å². The molecule has 7 nitrogen and oxygen atoms in total. The molecule has 28 heavy (non-hydrogen) atoms. The van der Waals surface area contributed by atoms with E-state index in [9.17, 15) is 4.79 Å². The van der Waals surface area contributed by atoms with Crippen LogP contribution in [-0.4, -0.2) is 62.1 Å². The monoisotopic (exact) mass is 376 g/mol. The number of rotatable bonds is 4. The molecule has 1 saturated heterocycles. The minimum absolute atomic E-state index is 0.101. The van der Waals surface area contributed by atoms with E-state index in [2.05, 4.69) is 39.5 Å². The lowest BCUT2D eigenvalue weighted by molar-refractivity contribution is 0.0624. The number of amides is 1. The second-order valence-corrected chi connectivity index (χ2v) is 7.28. The quantitative estimate of drug-likeness (QED) is 0.699. The molecule has 0 atom stereocenters. The van der Waals surface area contributed by atoms with Gasteiger partial charge in [0.2, 0.25) is 0 Å². The van der Waals surface area contributed by atoms with Crippen molar-refractivity contribution in [2.45, 2.75) is 20.4 Å². The van der Waals surface area contributed by atoms with E-state index in [1.54, 1.807) is 4.68 Å². The van der Waals surface area contributed by atoms with Crippen LogP contribution in [0, 0.1) is 13.8 Å². The first-order valence-corrected chi connectivity index (χ1v) is 9.53. The molecule has 1 amide bonds. The van der Waals surface area contributed by atoms with E-state index in [0.717, 1.165) is 35.7 Å². The molecule has 3 aromatic rings. The fourth-order valence-corrected chi connectivity index (χ4v) is 3.38. The van der Waals surface area contributed by atoms with Crippen LogP contribution in [0.15, 0.2) is 48.5 Å². The number of aromatic nitrogens is 4. The summed E-state index contributed by atoms with van der Waals surface area (Å²) in [5.41, 5.74) is 4.07. The Morgan fingerprint density at radius 2 is 1.50 bits per heavy atom. The third-order valence-corrected chi connectivity index (χ3v) is 5.14. The summed E-state index contributed by atoms with van der Waals surface area (Å²) in [6, 6.07) is 15.9. The predicted octanol–water partition coefficient (Wildman–Crippen LogP) is 2.24. The normalized spacial score (nSPS) is 15.0. The van der Waals surface area contributed by atoms with Crippen LogP contribution in [0.4, 0.5) is 0 Å². The molecule has 0 bridgehead atoms. The van der Waals surface area contributed by atoms with Crippen molar-refractivity contribution >= 4 is 5.91 Å². The lowest BCUT2D eigenvalue weighted by Gasteiger charge is -2.34. The van der Waals surface area contributed by atoms with Gasteiger partial charge < -0.3 is 4.90 Å². The Morgan fingerprint density at radius 3 is 2.14 bits per heavy atom. The van der Waals surface area contributed by atoms with Crippen molar-refractivity contribution in [1.29, 1.82) is 0 Å². The first kappa shape index (κ1) is 18.3. The summed E-state index contributed by atoms with van der Waals surface area (Å²) in [4.78, 5) is 16.9. The van der Waals surface area contributed by atoms with E-state index >= 15 is 0 Å². The molecule has 2 heterocycles. The average Bonchev–Trinajstić information content (AvgIpc) is 3.17. The highest BCUT2D eigenvalue weighted by molar-refractivity contribution is 5.94. The van der Waals surface area contributed by atoms with Gasteiger partial charge in [0, 0.05) is 31.7 Å². The van der Waals surface area contributed by atoms with Crippen LogP contribution < -0.4 is 0 Å². The number of nitrogens with zero attached hydrogens (tertiary/aromatic N) is 6. The van der Waals surface area contributed by atoms with Crippen LogP contribution in [-0.2, 0) is 6.54 Å². The zero-order valence-electron chi connectivity index (χ0n) is 16.2. The molecule has 1 aromatic heterocycles. The van der Waals surface area contributed by atoms with E-state index in [1.807, 2.05) is 48.2 Å². The van der Waals surface area contributed by atoms with Crippen LogP contribution in [0.25, 0.3) is 5.69 Å². The smallest absolute Gasteiger partial charge is 0.253 e. The largest absolute Gasteiger partial charge is 0.336 e. The second kappa shape index (κ2) is 7.90. The molecule has 0 saturated carbocycles. The van der Waals surface area contributed by atoms with Crippen LogP contribution in [0.3, 0.4) is 0 Å². The third kappa shape index (κ3) is 3.94. The number of carbonyl (C=O) groups excluding carboxylic acids is 1. The second-order valence-electron chi connectivity index (χ2n) is 7.28. The Balaban J connectivity index is 1.38. The maximum atomic E-state index is 12.7. The molecule has 2 aromatic carbocycles. The lowest BCUT2D eigenvalue weighted by atomic mass is 10.1. The molecule has 4 rings (SSSR count). The number of carbonyl (C=O) groups is 1. The summed E-state index contributed by atoms with van der Waals surface area (Å²) in [7, 11) is 0. The van der Waals surface area contributed by atoms with Crippen LogP contribution in [0.5, 0.6) is 0 Å². The van der Waals surface area contributed by atoms with Crippen molar-refractivity contribution in [2.75, 3.05) is 26.2 Å². The standard InChI is InChI=1S/C21H24N6O/c1-16-3-7-18(8-4-16)21(28)26-13-11-25(12-14-26)15-20-22-23-24-27(20)19-9-5-17(2)6-10-19/h3-10H,11-15H2,1-2H3. The SMILES string of the molecule is Cc1ccc(C(=O)N2CCN(Cc3nnnn3-c3ccc(C)cc3)CC2)cc1. The summed E-state index contributed by atoms with van der Waals surface area (Å²) in [5.74, 6) is 0.909. The minimum atomic E-state index is 0.101. The van der Waals surface area contributed by atoms with Gasteiger partial charge in [-0.1, -0.05) is 35.4 Å². The molecule has 144 valence electrons. The predicted molar refractivity (Wildman–Crippen MR) is 106 cm³/mol. The Labute approximate surface area is 164 Å². The van der Waals surface area contributed by atoms with E-state index in [4.69, 9.17) is 0 Å². The van der Waals surface area contributed by atoms with Gasteiger partial charge in [0.25, 0.3) is 5.91 Å². The van der Waals surface area contributed by atoms with Gasteiger partial charge in [-0.05, 0) is 48.5 Å². The summed E-state index contributed by atoms with van der Waals surface area (Å²) in [6.07, 6.45) is 0. The number of aryl methyl sites for hydroxylation is 2. The maximum Gasteiger partial charge on any atom is 0.253 e. The van der Waals surface area contributed by atoms with E-state index in [0.29, 0.717) is 19.6 Å². The summed E-state index contributed by atoms with van der Waals surface area (Å²) in [5, 5.41) is 12.2. The number of benzene rings is 2. The number of tetrazole rings is 1. The zero-order valence-corrected chi connectivity index (χ0v) is 16.2. The molecule has 0 aliphatic carbocycles. The molecular weight excluding hydrogens is 352 g/mol. The van der Waals surface area contributed by atoms with Crippen molar-refractivity contribution in [3.05, 3.63) is 71.0 Å². The van der Waals surface area contributed by atoms with Gasteiger partial charge in [-0.15, -0.1) is 5.10 Å². The minimum Gasteiger partial charge on any atom is -0.336 e. The zero-order chi connectivity index (χ0) is 19.5. The Bertz CT molecular complexity index is 940. The molecule has 0 radical (unpaired) electrons. The Hall–Kier alpha value is -3.06. The molecule has 1 aliphatic heterocycles. The lowest BCUT2D eigenvalue weighted by Crippen LogP contribution is -2.48. The highest BCUT2D eigenvalue weighted by Crippen LogP contribution is 2.14. The first-order valence-electron chi connectivity index (χ1n) is 9.53. The molecule has 1 fully saturated rings. The van der Waals surface area contributed by atoms with Crippen molar-refractivity contribution in [3.8, 4) is 5.69 Å². The van der Waals surface area contributed by atoms with Crippen LogP contribution >= 0.6 is 0 Å². The Kier molecular flexibility index (Phi) is 5.16. The maximum absolute atomic E-state index is 12.7. The molecule has 0 N–H and O–H groups in total. The van der Waals surface area contributed by atoms with Gasteiger partial charge in [-0.3, -0.25) is 9.69 Å². The summed E-state index contributed by atoms with van der Waals surface area (Å²) < 4.78 is 1.78. The van der Waals surface area contributed by atoms with E-state index in [-0.39, 0.29) is 5.91 Å². The average molecular weight is 376 g/mol. The molecule has 7 heteroatoms. The number of hydrogen-bond donors (Lipinski definition) is 0. The van der Waals surface area contributed by atoms with Gasteiger partial charge in [0.05, 0.1) is 12.2 Å². The summed E-state index contributed by atoms with van der Waals surface area (Å²) >= 11 is 0. The Morgan fingerprint density at radius 1 is 0.893 bits per heavy atom. The summed E-state index contributed by atoms with van der Waals surface area (Å²) in [6.45, 7) is 7.76. The van der Waals surface area contributed by atoms with Crippen molar-refractivity contribution in [1.82, 2.24) is 30.0 Å². The van der Waals surface area contributed by atoms with Crippen molar-refractivity contribution in [2.24, 2.45) is 0 Å². The molecule has 1 aliphatic rings. The van der Waals surface area contributed by atoms with Gasteiger partial charge >= 0.3 is 0 Å². The number of piperazine rings is 1. The van der Waals surface area contributed by atoms with E-state index < -0.39 is 0 Å². The van der Waals surface area contributed by atoms with Crippen LogP contribution in [0.2, 0.25) is 0 Å². The molecule has 0 spiro atoms. The van der Waals surface area contributed by atoms with Crippen molar-refractivity contribution in [3.63, 3.8) is 0 Å².